The van der Waals surface area contributed by atoms with Crippen LogP contribution in [0.4, 0.5) is 24.7 Å². The van der Waals surface area contributed by atoms with Gasteiger partial charge >= 0.3 is 0 Å². The predicted molar refractivity (Wildman–Crippen MR) is 63.9 cm³/mol. The molecular weight excluding hydrogens is 288 g/mol. The van der Waals surface area contributed by atoms with E-state index in [1.165, 1.54) is 12.1 Å². The van der Waals surface area contributed by atoms with E-state index < -0.39 is 23.4 Å². The summed E-state index contributed by atoms with van der Waals surface area (Å²) in [6.07, 6.45) is 0. The first kappa shape index (κ1) is 13.0. The zero-order valence-electron chi connectivity index (χ0n) is 8.65. The van der Waals surface area contributed by atoms with Crippen LogP contribution in [0.3, 0.4) is 0 Å². The SMILES string of the molecule is Fc1cc(F)c(Nc2cccc(Cl)c2Cl)nc1F. The number of halogens is 5. The molecule has 1 heterocycles. The molecule has 18 heavy (non-hydrogen) atoms. The van der Waals surface area contributed by atoms with Crippen LogP contribution in [-0.2, 0) is 0 Å². The van der Waals surface area contributed by atoms with Gasteiger partial charge in [-0.3, -0.25) is 0 Å². The van der Waals surface area contributed by atoms with Crippen LogP contribution in [0.25, 0.3) is 0 Å². The van der Waals surface area contributed by atoms with Gasteiger partial charge in [0, 0.05) is 6.07 Å². The highest BCUT2D eigenvalue weighted by atomic mass is 35.5. The molecule has 1 aromatic heterocycles. The summed E-state index contributed by atoms with van der Waals surface area (Å²) in [5, 5.41) is 2.81. The van der Waals surface area contributed by atoms with Gasteiger partial charge in [-0.1, -0.05) is 29.3 Å². The minimum absolute atomic E-state index is 0.130. The smallest absolute Gasteiger partial charge is 0.251 e. The molecule has 94 valence electrons. The summed E-state index contributed by atoms with van der Waals surface area (Å²) in [7, 11) is 0. The Hall–Kier alpha value is -1.46. The maximum absolute atomic E-state index is 13.3. The molecule has 0 spiro atoms. The quantitative estimate of drug-likeness (QED) is 0.822. The molecule has 0 bridgehead atoms. The van der Waals surface area contributed by atoms with Gasteiger partial charge in [0.2, 0.25) is 0 Å². The summed E-state index contributed by atoms with van der Waals surface area (Å²) in [5.41, 5.74) is 0.238. The van der Waals surface area contributed by atoms with Gasteiger partial charge in [-0.05, 0) is 12.1 Å². The van der Waals surface area contributed by atoms with Gasteiger partial charge in [0.1, 0.15) is 0 Å². The largest absolute Gasteiger partial charge is 0.336 e. The summed E-state index contributed by atoms with van der Waals surface area (Å²) >= 11 is 11.6. The first-order valence-corrected chi connectivity index (χ1v) is 5.47. The molecule has 0 saturated carbocycles. The summed E-state index contributed by atoms with van der Waals surface area (Å²) in [6.45, 7) is 0. The molecule has 0 atom stereocenters. The molecule has 0 fully saturated rings. The first-order chi connectivity index (χ1) is 8.49. The van der Waals surface area contributed by atoms with Crippen molar-refractivity contribution in [3.8, 4) is 0 Å². The minimum atomic E-state index is -1.41. The molecule has 0 amide bonds. The van der Waals surface area contributed by atoms with Crippen LogP contribution in [0.15, 0.2) is 24.3 Å². The summed E-state index contributed by atoms with van der Waals surface area (Å²) < 4.78 is 38.9. The Kier molecular flexibility index (Phi) is 3.63. The molecule has 0 aliphatic carbocycles. The molecule has 1 aromatic carbocycles. The van der Waals surface area contributed by atoms with Crippen molar-refractivity contribution in [2.24, 2.45) is 0 Å². The monoisotopic (exact) mass is 292 g/mol. The predicted octanol–water partition coefficient (Wildman–Crippen LogP) is 4.55. The van der Waals surface area contributed by atoms with Gasteiger partial charge in [0.05, 0.1) is 15.7 Å². The molecule has 0 unspecified atom stereocenters. The van der Waals surface area contributed by atoms with E-state index in [1.54, 1.807) is 6.07 Å². The van der Waals surface area contributed by atoms with Gasteiger partial charge in [-0.15, -0.1) is 0 Å². The first-order valence-electron chi connectivity index (χ1n) is 4.71. The van der Waals surface area contributed by atoms with Crippen LogP contribution in [0, 0.1) is 17.6 Å². The van der Waals surface area contributed by atoms with E-state index in [-0.39, 0.29) is 15.7 Å². The number of nitrogens with zero attached hydrogens (tertiary/aromatic N) is 1. The van der Waals surface area contributed by atoms with Crippen LogP contribution in [0.2, 0.25) is 10.0 Å². The van der Waals surface area contributed by atoms with Crippen LogP contribution in [0.1, 0.15) is 0 Å². The fourth-order valence-electron chi connectivity index (χ4n) is 1.26. The van der Waals surface area contributed by atoms with E-state index in [0.717, 1.165) is 0 Å². The Bertz CT molecular complexity index is 605. The third kappa shape index (κ3) is 2.52. The van der Waals surface area contributed by atoms with Gasteiger partial charge in [0.15, 0.2) is 17.5 Å². The van der Waals surface area contributed by atoms with Gasteiger partial charge < -0.3 is 5.32 Å². The maximum Gasteiger partial charge on any atom is 0.251 e. The highest BCUT2D eigenvalue weighted by Crippen LogP contribution is 2.31. The van der Waals surface area contributed by atoms with Crippen molar-refractivity contribution >= 4 is 34.7 Å². The van der Waals surface area contributed by atoms with E-state index in [0.29, 0.717) is 6.07 Å². The zero-order chi connectivity index (χ0) is 13.3. The molecule has 7 heteroatoms. The molecular formula is C11H5Cl2F3N2. The van der Waals surface area contributed by atoms with Crippen molar-refractivity contribution in [3.05, 3.63) is 51.9 Å². The van der Waals surface area contributed by atoms with Crippen molar-refractivity contribution in [2.45, 2.75) is 0 Å². The van der Waals surface area contributed by atoms with Crippen molar-refractivity contribution in [3.63, 3.8) is 0 Å². The number of aromatic nitrogens is 1. The Labute approximate surface area is 110 Å². The second kappa shape index (κ2) is 5.04. The third-order valence-electron chi connectivity index (χ3n) is 2.09. The molecule has 0 radical (unpaired) electrons. The zero-order valence-corrected chi connectivity index (χ0v) is 10.2. The van der Waals surface area contributed by atoms with Crippen molar-refractivity contribution in [1.29, 1.82) is 0 Å². The lowest BCUT2D eigenvalue weighted by atomic mass is 10.3. The highest BCUT2D eigenvalue weighted by molar-refractivity contribution is 6.43. The Morgan fingerprint density at radius 1 is 1.06 bits per heavy atom. The normalized spacial score (nSPS) is 10.5. The molecule has 0 aliphatic rings. The standard InChI is InChI=1S/C11H5Cl2F3N2/c12-5-2-1-3-8(9(5)13)17-11-7(15)4-6(14)10(16)18-11/h1-4H,(H,17,18). The van der Waals surface area contributed by atoms with Crippen molar-refractivity contribution in [1.82, 2.24) is 4.98 Å². The molecule has 2 nitrogen and oxygen atoms in total. The molecule has 2 rings (SSSR count). The topological polar surface area (TPSA) is 24.9 Å². The highest BCUT2D eigenvalue weighted by Gasteiger charge is 2.13. The van der Waals surface area contributed by atoms with Gasteiger partial charge in [0.25, 0.3) is 5.95 Å². The summed E-state index contributed by atoms with van der Waals surface area (Å²) in [4.78, 5) is 3.11. The van der Waals surface area contributed by atoms with E-state index in [2.05, 4.69) is 10.3 Å². The molecule has 2 aromatic rings. The molecule has 0 aliphatic heterocycles. The fourth-order valence-corrected chi connectivity index (χ4v) is 1.61. The summed E-state index contributed by atoms with van der Waals surface area (Å²) in [6, 6.07) is 4.98. The van der Waals surface area contributed by atoms with Crippen LogP contribution in [-0.4, -0.2) is 4.98 Å². The number of anilines is 2. The lowest BCUT2D eigenvalue weighted by Crippen LogP contribution is -2.02. The van der Waals surface area contributed by atoms with Crippen LogP contribution >= 0.6 is 23.2 Å². The Balaban J connectivity index is 2.40. The number of hydrogen-bond donors (Lipinski definition) is 1. The van der Waals surface area contributed by atoms with E-state index in [1.807, 2.05) is 0 Å². The Morgan fingerprint density at radius 2 is 1.78 bits per heavy atom. The van der Waals surface area contributed by atoms with Crippen LogP contribution in [0.5, 0.6) is 0 Å². The van der Waals surface area contributed by atoms with Crippen molar-refractivity contribution < 1.29 is 13.2 Å². The number of benzene rings is 1. The Morgan fingerprint density at radius 3 is 2.50 bits per heavy atom. The number of hydrogen-bond acceptors (Lipinski definition) is 2. The van der Waals surface area contributed by atoms with Gasteiger partial charge in [-0.2, -0.15) is 9.37 Å². The van der Waals surface area contributed by atoms with E-state index >= 15 is 0 Å². The number of nitrogens with one attached hydrogen (secondary N) is 1. The second-order valence-corrected chi connectivity index (χ2v) is 4.10. The molecule has 1 N–H and O–H groups in total. The van der Waals surface area contributed by atoms with Crippen LogP contribution < -0.4 is 5.32 Å². The second-order valence-electron chi connectivity index (χ2n) is 3.32. The lowest BCUT2D eigenvalue weighted by Gasteiger charge is -2.09. The van der Waals surface area contributed by atoms with E-state index in [4.69, 9.17) is 23.2 Å². The fraction of sp³-hybridized carbons (Fsp3) is 0. The third-order valence-corrected chi connectivity index (χ3v) is 2.91. The van der Waals surface area contributed by atoms with Gasteiger partial charge in [-0.25, -0.2) is 8.78 Å². The average Bonchev–Trinajstić information content (AvgIpc) is 2.32. The lowest BCUT2D eigenvalue weighted by molar-refractivity contribution is 0.467. The number of rotatable bonds is 2. The summed E-state index contributed by atoms with van der Waals surface area (Å²) in [5.74, 6) is -4.28. The van der Waals surface area contributed by atoms with E-state index in [9.17, 15) is 13.2 Å². The number of pyridine rings is 1. The van der Waals surface area contributed by atoms with Crippen molar-refractivity contribution in [2.75, 3.05) is 5.32 Å². The minimum Gasteiger partial charge on any atom is -0.336 e. The molecule has 0 saturated heterocycles. The maximum atomic E-state index is 13.3. The average molecular weight is 293 g/mol.